The molecule has 3 aromatic rings. The number of methoxy groups -OCH3 is 1. The summed E-state index contributed by atoms with van der Waals surface area (Å²) in [4.78, 5) is 12.5. The second-order valence-electron chi connectivity index (χ2n) is 6.19. The van der Waals surface area contributed by atoms with Gasteiger partial charge in [-0.3, -0.25) is 4.79 Å². The Morgan fingerprint density at radius 1 is 0.893 bits per heavy atom. The molecule has 0 atom stereocenters. The lowest BCUT2D eigenvalue weighted by Gasteiger charge is -2.12. The largest absolute Gasteiger partial charge is 0.493 e. The van der Waals surface area contributed by atoms with Gasteiger partial charge in [-0.2, -0.15) is 0 Å². The van der Waals surface area contributed by atoms with Crippen LogP contribution in [0.2, 0.25) is 0 Å². The molecule has 0 heterocycles. The second-order valence-corrected chi connectivity index (χ2v) is 6.19. The predicted octanol–water partition coefficient (Wildman–Crippen LogP) is 5.45. The molecule has 3 aromatic carbocycles. The minimum Gasteiger partial charge on any atom is -0.493 e. The maximum atomic E-state index is 12.5. The van der Waals surface area contributed by atoms with E-state index in [9.17, 15) is 4.79 Å². The van der Waals surface area contributed by atoms with Gasteiger partial charge in [-0.05, 0) is 68.4 Å². The summed E-state index contributed by atoms with van der Waals surface area (Å²) in [6, 6.07) is 20.2. The Labute approximate surface area is 164 Å². The van der Waals surface area contributed by atoms with E-state index in [0.717, 1.165) is 5.75 Å². The highest BCUT2D eigenvalue weighted by molar-refractivity contribution is 6.04. The summed E-state index contributed by atoms with van der Waals surface area (Å²) in [7, 11) is 1.57. The van der Waals surface area contributed by atoms with Gasteiger partial charge in [-0.15, -0.1) is 0 Å². The Balaban J connectivity index is 1.67. The molecule has 1 N–H and O–H groups in total. The Kier molecular flexibility index (Phi) is 6.17. The maximum Gasteiger partial charge on any atom is 0.255 e. The molecule has 0 spiro atoms. The molecule has 144 valence electrons. The van der Waals surface area contributed by atoms with Crippen LogP contribution in [-0.2, 0) is 0 Å². The Bertz CT molecular complexity index is 934. The highest BCUT2D eigenvalue weighted by Crippen LogP contribution is 2.29. The number of anilines is 1. The van der Waals surface area contributed by atoms with Crippen molar-refractivity contribution in [2.75, 3.05) is 19.0 Å². The third kappa shape index (κ3) is 4.82. The molecule has 28 heavy (non-hydrogen) atoms. The highest BCUT2D eigenvalue weighted by atomic mass is 16.5. The van der Waals surface area contributed by atoms with Gasteiger partial charge in [0.2, 0.25) is 0 Å². The lowest BCUT2D eigenvalue weighted by Crippen LogP contribution is -2.12. The summed E-state index contributed by atoms with van der Waals surface area (Å²) >= 11 is 0. The van der Waals surface area contributed by atoms with Crippen LogP contribution in [0.1, 0.15) is 22.8 Å². The smallest absolute Gasteiger partial charge is 0.255 e. The standard InChI is InChI=1S/C23H23NO4/c1-4-27-22-15-17(7-14-21(22)26-3)23(25)24-18-8-12-20(13-9-18)28-19-10-5-16(2)6-11-19/h5-15H,4H2,1-3H3,(H,24,25). The zero-order valence-corrected chi connectivity index (χ0v) is 16.2. The molecule has 0 aliphatic rings. The number of rotatable bonds is 7. The quantitative estimate of drug-likeness (QED) is 0.595. The number of ether oxygens (including phenoxy) is 3. The maximum absolute atomic E-state index is 12.5. The number of hydrogen-bond donors (Lipinski definition) is 1. The van der Waals surface area contributed by atoms with Crippen LogP contribution in [0, 0.1) is 6.92 Å². The molecule has 0 bridgehead atoms. The first kappa shape index (κ1) is 19.3. The number of nitrogens with one attached hydrogen (secondary N) is 1. The van der Waals surface area contributed by atoms with Crippen LogP contribution in [0.15, 0.2) is 66.7 Å². The second kappa shape index (κ2) is 8.95. The van der Waals surface area contributed by atoms with Crippen molar-refractivity contribution < 1.29 is 19.0 Å². The Hall–Kier alpha value is -3.47. The number of benzene rings is 3. The molecule has 1 amide bonds. The number of amides is 1. The lowest BCUT2D eigenvalue weighted by atomic mass is 10.1. The molecule has 0 aromatic heterocycles. The summed E-state index contributed by atoms with van der Waals surface area (Å²) < 4.78 is 16.6. The van der Waals surface area contributed by atoms with Crippen LogP contribution in [0.4, 0.5) is 5.69 Å². The van der Waals surface area contributed by atoms with E-state index in [2.05, 4.69) is 5.32 Å². The molecule has 0 aliphatic heterocycles. The normalized spacial score (nSPS) is 10.2. The number of carbonyl (C=O) groups excluding carboxylic acids is 1. The third-order valence-electron chi connectivity index (χ3n) is 4.09. The van der Waals surface area contributed by atoms with E-state index in [1.54, 1.807) is 37.4 Å². The molecule has 0 saturated carbocycles. The van der Waals surface area contributed by atoms with E-state index in [0.29, 0.717) is 35.1 Å². The number of hydrogen-bond acceptors (Lipinski definition) is 4. The van der Waals surface area contributed by atoms with Crippen molar-refractivity contribution in [3.63, 3.8) is 0 Å². The highest BCUT2D eigenvalue weighted by Gasteiger charge is 2.11. The molecule has 0 fully saturated rings. The van der Waals surface area contributed by atoms with Crippen molar-refractivity contribution in [3.8, 4) is 23.0 Å². The molecule has 0 aliphatic carbocycles. The summed E-state index contributed by atoms with van der Waals surface area (Å²) in [5.41, 5.74) is 2.34. The van der Waals surface area contributed by atoms with Crippen LogP contribution in [0.3, 0.4) is 0 Å². The van der Waals surface area contributed by atoms with E-state index < -0.39 is 0 Å². The zero-order chi connectivity index (χ0) is 19.9. The van der Waals surface area contributed by atoms with E-state index >= 15 is 0 Å². The monoisotopic (exact) mass is 377 g/mol. The van der Waals surface area contributed by atoms with Crippen molar-refractivity contribution in [2.45, 2.75) is 13.8 Å². The van der Waals surface area contributed by atoms with E-state index in [1.807, 2.05) is 50.2 Å². The van der Waals surface area contributed by atoms with Gasteiger partial charge in [0.25, 0.3) is 5.91 Å². The van der Waals surface area contributed by atoms with Crippen LogP contribution < -0.4 is 19.5 Å². The van der Waals surface area contributed by atoms with Gasteiger partial charge in [-0.25, -0.2) is 0 Å². The van der Waals surface area contributed by atoms with Gasteiger partial charge in [0.1, 0.15) is 11.5 Å². The fraction of sp³-hybridized carbons (Fsp3) is 0.174. The Morgan fingerprint density at radius 2 is 1.54 bits per heavy atom. The molecule has 5 heteroatoms. The van der Waals surface area contributed by atoms with Gasteiger partial charge in [0.05, 0.1) is 13.7 Å². The van der Waals surface area contributed by atoms with Crippen LogP contribution in [-0.4, -0.2) is 19.6 Å². The number of carbonyl (C=O) groups is 1. The van der Waals surface area contributed by atoms with E-state index in [4.69, 9.17) is 14.2 Å². The van der Waals surface area contributed by atoms with E-state index in [-0.39, 0.29) is 5.91 Å². The van der Waals surface area contributed by atoms with Gasteiger partial charge < -0.3 is 19.5 Å². The Morgan fingerprint density at radius 3 is 2.14 bits per heavy atom. The molecule has 3 rings (SSSR count). The fourth-order valence-corrected chi connectivity index (χ4v) is 2.64. The third-order valence-corrected chi connectivity index (χ3v) is 4.09. The van der Waals surface area contributed by atoms with Crippen molar-refractivity contribution in [1.82, 2.24) is 0 Å². The first-order chi connectivity index (χ1) is 13.6. The average molecular weight is 377 g/mol. The molecule has 0 unspecified atom stereocenters. The van der Waals surface area contributed by atoms with Crippen molar-refractivity contribution >= 4 is 11.6 Å². The van der Waals surface area contributed by atoms with Crippen LogP contribution in [0.5, 0.6) is 23.0 Å². The molecule has 0 saturated heterocycles. The molecule has 5 nitrogen and oxygen atoms in total. The first-order valence-electron chi connectivity index (χ1n) is 9.06. The SMILES string of the molecule is CCOc1cc(C(=O)Nc2ccc(Oc3ccc(C)cc3)cc2)ccc1OC. The average Bonchev–Trinajstić information content (AvgIpc) is 2.71. The van der Waals surface area contributed by atoms with Crippen LogP contribution in [0.25, 0.3) is 0 Å². The summed E-state index contributed by atoms with van der Waals surface area (Å²) in [6.45, 7) is 4.40. The van der Waals surface area contributed by atoms with E-state index in [1.165, 1.54) is 5.56 Å². The molecular weight excluding hydrogens is 354 g/mol. The summed E-state index contributed by atoms with van der Waals surface area (Å²) in [5, 5.41) is 2.87. The van der Waals surface area contributed by atoms with Gasteiger partial charge in [0, 0.05) is 11.3 Å². The fourth-order valence-electron chi connectivity index (χ4n) is 2.64. The van der Waals surface area contributed by atoms with Gasteiger partial charge >= 0.3 is 0 Å². The first-order valence-corrected chi connectivity index (χ1v) is 9.06. The zero-order valence-electron chi connectivity index (χ0n) is 16.2. The molecule has 0 radical (unpaired) electrons. The topological polar surface area (TPSA) is 56.8 Å². The summed E-state index contributed by atoms with van der Waals surface area (Å²) in [6.07, 6.45) is 0. The van der Waals surface area contributed by atoms with Crippen molar-refractivity contribution in [3.05, 3.63) is 77.9 Å². The van der Waals surface area contributed by atoms with Gasteiger partial charge in [0.15, 0.2) is 11.5 Å². The predicted molar refractivity (Wildman–Crippen MR) is 110 cm³/mol. The lowest BCUT2D eigenvalue weighted by molar-refractivity contribution is 0.102. The minimum absolute atomic E-state index is 0.226. The molecular formula is C23H23NO4. The minimum atomic E-state index is -0.226. The van der Waals surface area contributed by atoms with Crippen molar-refractivity contribution in [1.29, 1.82) is 0 Å². The number of aryl methyl sites for hydroxylation is 1. The van der Waals surface area contributed by atoms with Gasteiger partial charge in [-0.1, -0.05) is 17.7 Å². The van der Waals surface area contributed by atoms with Crippen LogP contribution >= 0.6 is 0 Å². The van der Waals surface area contributed by atoms with Crippen molar-refractivity contribution in [2.24, 2.45) is 0 Å². The summed E-state index contributed by atoms with van der Waals surface area (Å²) in [5.74, 6) is 2.38.